The molecule has 3 aromatic rings. The van der Waals surface area contributed by atoms with Crippen LogP contribution in [-0.4, -0.2) is 52.5 Å². The fraction of sp³-hybridized carbons (Fsp3) is 0.596. The quantitative estimate of drug-likeness (QED) is 0.0357. The van der Waals surface area contributed by atoms with Gasteiger partial charge in [0.2, 0.25) is 5.79 Å². The van der Waals surface area contributed by atoms with Gasteiger partial charge in [0.25, 0.3) is 0 Å². The number of halogens is 1. The molecule has 1 fully saturated rings. The number of nitrogens with zero attached hydrogens (tertiary/aromatic N) is 1. The Morgan fingerprint density at radius 3 is 2.14 bits per heavy atom. The Labute approximate surface area is 401 Å². The third-order valence-electron chi connectivity index (χ3n) is 14.0. The molecule has 6 atom stereocenters. The van der Waals surface area contributed by atoms with Crippen molar-refractivity contribution in [2.45, 2.75) is 172 Å². The van der Waals surface area contributed by atoms with Crippen LogP contribution in [0.5, 0.6) is 11.5 Å². The van der Waals surface area contributed by atoms with Crippen molar-refractivity contribution in [3.8, 4) is 11.5 Å². The van der Waals surface area contributed by atoms with Gasteiger partial charge in [0.05, 0.1) is 23.5 Å². The lowest BCUT2D eigenvalue weighted by molar-refractivity contribution is -0.223. The molecule has 0 aromatic heterocycles. The summed E-state index contributed by atoms with van der Waals surface area (Å²) in [6.45, 7) is 7.48. The van der Waals surface area contributed by atoms with Gasteiger partial charge in [-0.05, 0) is 85.1 Å². The number of hydrogen-bond acceptors (Lipinski definition) is 8. The number of thioether (sulfide) groups is 1. The first-order valence-corrected chi connectivity index (χ1v) is 26.8. The summed E-state index contributed by atoms with van der Waals surface area (Å²) in [7, 11) is 0. The van der Waals surface area contributed by atoms with E-state index in [0.29, 0.717) is 30.9 Å². The van der Waals surface area contributed by atoms with Gasteiger partial charge in [-0.2, -0.15) is 11.8 Å². The van der Waals surface area contributed by atoms with Gasteiger partial charge in [-0.15, -0.1) is 6.58 Å². The molecule has 0 spiro atoms. The Morgan fingerprint density at radius 1 is 0.788 bits per heavy atom. The maximum atomic E-state index is 14.8. The van der Waals surface area contributed by atoms with E-state index < -0.39 is 5.79 Å². The normalized spacial score (nSPS) is 22.6. The van der Waals surface area contributed by atoms with Gasteiger partial charge in [0.15, 0.2) is 0 Å². The number of unbranched alkanes of at least 4 members (excludes halogenated alkanes) is 15. The minimum Gasteiger partial charge on any atom is -0.489 e. The van der Waals surface area contributed by atoms with Gasteiger partial charge in [-0.3, -0.25) is 0 Å². The number of rotatable bonds is 33. The van der Waals surface area contributed by atoms with Crippen LogP contribution in [0.4, 0.5) is 4.39 Å². The average molecular weight is 926 g/mol. The monoisotopic (exact) mass is 926 g/mol. The molecule has 0 radical (unpaired) electrons. The second-order valence-corrected chi connectivity index (χ2v) is 20.2. The number of ether oxygens (including phenoxy) is 3. The summed E-state index contributed by atoms with van der Waals surface area (Å²) < 4.78 is 35.7. The van der Waals surface area contributed by atoms with Gasteiger partial charge in [0.1, 0.15) is 30.5 Å². The Kier molecular flexibility index (Phi) is 22.5. The van der Waals surface area contributed by atoms with E-state index in [1.807, 2.05) is 54.2 Å². The zero-order chi connectivity index (χ0) is 46.2. The van der Waals surface area contributed by atoms with Crippen LogP contribution in [0.15, 0.2) is 102 Å². The molecule has 0 bridgehead atoms. The highest BCUT2D eigenvalue weighted by molar-refractivity contribution is 8.00. The van der Waals surface area contributed by atoms with E-state index in [9.17, 15) is 14.6 Å². The SMILES string of the molecule is C=CCO[C@@]12Oc3ccc(OCc4ccccc4F)cc3[C@H]3[C@H](CCCCO)[C@@H](CCCCO)C=C(C(=NOCc4ccccc4)C[C@@H]1SCCCCCCCCCCCCCCCC)[C@H]32. The number of aliphatic hydroxyl groups is 2. The molecule has 9 heteroatoms. The van der Waals surface area contributed by atoms with Crippen LogP contribution in [0.25, 0.3) is 0 Å². The van der Waals surface area contributed by atoms with Crippen molar-refractivity contribution in [2.75, 3.05) is 25.6 Å². The van der Waals surface area contributed by atoms with E-state index in [-0.39, 0.29) is 54.6 Å². The highest BCUT2D eigenvalue weighted by Crippen LogP contribution is 2.62. The first-order valence-electron chi connectivity index (χ1n) is 25.7. The average Bonchev–Trinajstić information content (AvgIpc) is 3.33. The van der Waals surface area contributed by atoms with Gasteiger partial charge < -0.3 is 29.3 Å². The largest absolute Gasteiger partial charge is 0.489 e. The maximum absolute atomic E-state index is 14.8. The molecule has 2 N–H and O–H groups in total. The minimum atomic E-state index is -1.02. The zero-order valence-electron chi connectivity index (χ0n) is 40.0. The topological polar surface area (TPSA) is 89.7 Å². The molecule has 7 nitrogen and oxygen atoms in total. The Bertz CT molecular complexity index is 1920. The van der Waals surface area contributed by atoms with E-state index in [1.54, 1.807) is 12.1 Å². The number of oxime groups is 1. The highest BCUT2D eigenvalue weighted by Gasteiger charge is 2.64. The fourth-order valence-electron chi connectivity index (χ4n) is 10.6. The third-order valence-corrected chi connectivity index (χ3v) is 15.5. The number of allylic oxidation sites excluding steroid dienone is 1. The fourth-order valence-corrected chi connectivity index (χ4v) is 12.0. The van der Waals surface area contributed by atoms with Crippen LogP contribution < -0.4 is 9.47 Å². The van der Waals surface area contributed by atoms with Crippen LogP contribution in [0, 0.1) is 23.6 Å². The predicted molar refractivity (Wildman–Crippen MR) is 270 cm³/mol. The Morgan fingerprint density at radius 2 is 1.45 bits per heavy atom. The summed E-state index contributed by atoms with van der Waals surface area (Å²) in [5, 5.41) is 24.8. The maximum Gasteiger partial charge on any atom is 0.230 e. The molecule has 362 valence electrons. The van der Waals surface area contributed by atoms with E-state index in [0.717, 1.165) is 78.9 Å². The van der Waals surface area contributed by atoms with Gasteiger partial charge in [-0.25, -0.2) is 4.39 Å². The van der Waals surface area contributed by atoms with Crippen molar-refractivity contribution in [2.24, 2.45) is 22.9 Å². The van der Waals surface area contributed by atoms with Crippen LogP contribution in [-0.2, 0) is 22.8 Å². The number of hydrogen-bond donors (Lipinski definition) is 2. The van der Waals surface area contributed by atoms with E-state index in [2.05, 4.69) is 37.8 Å². The Hall–Kier alpha value is -3.63. The molecule has 3 aromatic carbocycles. The minimum absolute atomic E-state index is 0.0443. The van der Waals surface area contributed by atoms with Crippen LogP contribution in [0.2, 0.25) is 0 Å². The second kappa shape index (κ2) is 28.6. The lowest BCUT2D eigenvalue weighted by Crippen LogP contribution is -2.64. The third kappa shape index (κ3) is 14.7. The predicted octanol–water partition coefficient (Wildman–Crippen LogP) is 14.5. The van der Waals surface area contributed by atoms with Crippen molar-refractivity contribution in [3.05, 3.63) is 120 Å². The molecule has 0 saturated heterocycles. The summed E-state index contributed by atoms with van der Waals surface area (Å²) in [4.78, 5) is 6.26. The molecular weight excluding hydrogens is 846 g/mol. The molecule has 1 saturated carbocycles. The second-order valence-electron chi connectivity index (χ2n) is 18.9. The molecular formula is C57H80FNO6S. The lowest BCUT2D eigenvalue weighted by Gasteiger charge is -2.58. The van der Waals surface area contributed by atoms with Crippen LogP contribution >= 0.6 is 11.8 Å². The van der Waals surface area contributed by atoms with Crippen LogP contribution in [0.3, 0.4) is 0 Å². The first-order chi connectivity index (χ1) is 32.5. The molecule has 1 aliphatic heterocycles. The molecule has 0 amide bonds. The summed E-state index contributed by atoms with van der Waals surface area (Å²) in [5.74, 6) is 1.21. The summed E-state index contributed by atoms with van der Waals surface area (Å²) in [6.07, 6.45) is 28.5. The molecule has 3 aliphatic rings. The van der Waals surface area contributed by atoms with E-state index >= 15 is 0 Å². The summed E-state index contributed by atoms with van der Waals surface area (Å²) in [5.41, 5.74) is 4.67. The van der Waals surface area contributed by atoms with Crippen molar-refractivity contribution in [1.82, 2.24) is 0 Å². The molecule has 66 heavy (non-hydrogen) atoms. The highest BCUT2D eigenvalue weighted by atomic mass is 32.2. The van der Waals surface area contributed by atoms with E-state index in [1.165, 1.54) is 89.5 Å². The number of aliphatic hydroxyl groups excluding tert-OH is 2. The van der Waals surface area contributed by atoms with Gasteiger partial charge in [0, 0.05) is 36.7 Å². The lowest BCUT2D eigenvalue weighted by atomic mass is 9.56. The molecule has 2 aliphatic carbocycles. The standard InChI is InChI=1S/C57H80FNO6S/c1-3-5-6-7-8-9-10-11-12-13-14-15-16-26-38-66-54-41-52(59-64-42-44-27-18-17-19-28-44)49-39-45(29-22-24-35-60)48(31-23-25-36-61)55-50-40-47(62-43-46-30-20-21-32-51(46)58)33-34-53(50)65-57(54,56(49)55)63-37-4-2/h4,17-21,27-28,30,32-34,39-40,45,48,54-56,60-61H,2-3,5-16,22-26,29,31,35-38,41-43H2,1H3/t45-,48+,54-,55+,56+,57+/m0/s1. The van der Waals surface area contributed by atoms with Gasteiger partial charge >= 0.3 is 0 Å². The summed E-state index contributed by atoms with van der Waals surface area (Å²) in [6, 6.07) is 23.0. The van der Waals surface area contributed by atoms with Crippen molar-refractivity contribution < 1.29 is 33.7 Å². The summed E-state index contributed by atoms with van der Waals surface area (Å²) >= 11 is 1.95. The number of benzene rings is 3. The zero-order valence-corrected chi connectivity index (χ0v) is 40.8. The van der Waals surface area contributed by atoms with Crippen molar-refractivity contribution in [1.29, 1.82) is 0 Å². The molecule has 1 heterocycles. The van der Waals surface area contributed by atoms with Crippen molar-refractivity contribution in [3.63, 3.8) is 0 Å². The van der Waals surface area contributed by atoms with Crippen molar-refractivity contribution >= 4 is 17.5 Å². The first kappa shape index (κ1) is 51.8. The van der Waals surface area contributed by atoms with E-state index in [4.69, 9.17) is 24.2 Å². The van der Waals surface area contributed by atoms with Gasteiger partial charge in [-0.1, -0.05) is 169 Å². The van der Waals surface area contributed by atoms with Crippen LogP contribution in [0.1, 0.15) is 164 Å². The molecule has 6 rings (SSSR count). The smallest absolute Gasteiger partial charge is 0.230 e. The number of fused-ring (bicyclic) bond motifs is 2. The molecule has 0 unspecified atom stereocenters. The Balaban J connectivity index is 1.28.